The highest BCUT2D eigenvalue weighted by molar-refractivity contribution is 5.92. The van der Waals surface area contributed by atoms with Crippen molar-refractivity contribution in [3.63, 3.8) is 0 Å². The van der Waals surface area contributed by atoms with Gasteiger partial charge >= 0.3 is 0 Å². The number of ether oxygens (including phenoxy) is 1. The fraction of sp³-hybridized carbons (Fsp3) is 0.261. The summed E-state index contributed by atoms with van der Waals surface area (Å²) >= 11 is 0. The van der Waals surface area contributed by atoms with E-state index in [2.05, 4.69) is 26.7 Å². The van der Waals surface area contributed by atoms with Crippen molar-refractivity contribution in [1.82, 2.24) is 9.97 Å². The predicted molar refractivity (Wildman–Crippen MR) is 116 cm³/mol. The van der Waals surface area contributed by atoms with Crippen molar-refractivity contribution in [3.05, 3.63) is 70.5 Å². The van der Waals surface area contributed by atoms with E-state index >= 15 is 0 Å². The first-order valence-corrected chi connectivity index (χ1v) is 9.50. The van der Waals surface area contributed by atoms with Gasteiger partial charge in [-0.25, -0.2) is 9.97 Å². The quantitative estimate of drug-likeness (QED) is 0.633. The average molecular weight is 390 g/mol. The largest absolute Gasteiger partial charge is 0.483 e. The Morgan fingerprint density at radius 2 is 1.62 bits per heavy atom. The van der Waals surface area contributed by atoms with Gasteiger partial charge in [-0.3, -0.25) is 4.79 Å². The Bertz CT molecular complexity index is 1030. The third kappa shape index (κ3) is 5.54. The van der Waals surface area contributed by atoms with Gasteiger partial charge in [0.05, 0.1) is 0 Å². The van der Waals surface area contributed by atoms with Crippen LogP contribution in [0, 0.1) is 34.6 Å². The van der Waals surface area contributed by atoms with Crippen LogP contribution in [-0.2, 0) is 4.79 Å². The number of aryl methyl sites for hydroxylation is 4. The minimum atomic E-state index is -0.219. The third-order valence-corrected chi connectivity index (χ3v) is 4.51. The van der Waals surface area contributed by atoms with Crippen molar-refractivity contribution in [2.24, 2.45) is 0 Å². The molecule has 0 fully saturated rings. The Morgan fingerprint density at radius 3 is 2.34 bits per heavy atom. The second kappa shape index (κ2) is 8.73. The van der Waals surface area contributed by atoms with Gasteiger partial charge < -0.3 is 15.4 Å². The molecule has 2 N–H and O–H groups in total. The summed E-state index contributed by atoms with van der Waals surface area (Å²) in [6.07, 6.45) is 0. The lowest BCUT2D eigenvalue weighted by Gasteiger charge is -2.13. The number of carbonyl (C=O) groups excluding carboxylic acids is 1. The Kier molecular flexibility index (Phi) is 6.12. The van der Waals surface area contributed by atoms with Gasteiger partial charge in [0.25, 0.3) is 5.91 Å². The van der Waals surface area contributed by atoms with Crippen LogP contribution >= 0.6 is 0 Å². The Morgan fingerprint density at radius 1 is 0.931 bits per heavy atom. The van der Waals surface area contributed by atoms with Gasteiger partial charge in [0.1, 0.15) is 5.75 Å². The van der Waals surface area contributed by atoms with Crippen LogP contribution in [0.2, 0.25) is 0 Å². The summed E-state index contributed by atoms with van der Waals surface area (Å²) in [5.41, 5.74) is 6.54. The zero-order valence-corrected chi connectivity index (χ0v) is 17.5. The van der Waals surface area contributed by atoms with E-state index in [9.17, 15) is 4.79 Å². The maximum Gasteiger partial charge on any atom is 0.262 e. The second-order valence-electron chi connectivity index (χ2n) is 7.22. The molecule has 0 saturated carbocycles. The molecule has 29 heavy (non-hydrogen) atoms. The first-order valence-electron chi connectivity index (χ1n) is 9.50. The van der Waals surface area contributed by atoms with Gasteiger partial charge in [-0.1, -0.05) is 12.1 Å². The van der Waals surface area contributed by atoms with Crippen LogP contribution in [0.15, 0.2) is 42.5 Å². The molecule has 3 rings (SSSR count). The minimum Gasteiger partial charge on any atom is -0.483 e. The van der Waals surface area contributed by atoms with E-state index < -0.39 is 0 Å². The third-order valence-electron chi connectivity index (χ3n) is 4.51. The molecule has 0 aliphatic carbocycles. The topological polar surface area (TPSA) is 76.1 Å². The molecular formula is C23H26N4O2. The first-order chi connectivity index (χ1) is 13.8. The lowest BCUT2D eigenvalue weighted by molar-refractivity contribution is -0.118. The maximum atomic E-state index is 12.3. The Hall–Kier alpha value is -3.41. The maximum absolute atomic E-state index is 12.3. The molecular weight excluding hydrogens is 364 g/mol. The number of aromatic nitrogens is 2. The van der Waals surface area contributed by atoms with Gasteiger partial charge in [-0.2, -0.15) is 0 Å². The number of amides is 1. The molecule has 0 bridgehead atoms. The molecule has 0 unspecified atom stereocenters. The fourth-order valence-electron chi connectivity index (χ4n) is 3.08. The number of nitrogens with one attached hydrogen (secondary N) is 2. The second-order valence-corrected chi connectivity index (χ2v) is 7.22. The lowest BCUT2D eigenvalue weighted by atomic mass is 10.1. The summed E-state index contributed by atoms with van der Waals surface area (Å²) in [7, 11) is 0. The molecule has 3 aromatic rings. The summed E-state index contributed by atoms with van der Waals surface area (Å²) in [4.78, 5) is 21.1. The molecule has 0 spiro atoms. The molecule has 0 aliphatic rings. The number of hydrogen-bond donors (Lipinski definition) is 2. The summed E-state index contributed by atoms with van der Waals surface area (Å²) in [6.45, 7) is 9.83. The van der Waals surface area contributed by atoms with Gasteiger partial charge in [-0.05, 0) is 81.6 Å². The molecule has 1 aromatic heterocycles. The monoisotopic (exact) mass is 390 g/mol. The van der Waals surface area contributed by atoms with Crippen LogP contribution in [-0.4, -0.2) is 22.5 Å². The molecule has 0 atom stereocenters. The number of carbonyl (C=O) groups is 1. The van der Waals surface area contributed by atoms with Gasteiger partial charge in [0.15, 0.2) is 6.61 Å². The van der Waals surface area contributed by atoms with Crippen LogP contribution in [0.25, 0.3) is 0 Å². The van der Waals surface area contributed by atoms with E-state index in [-0.39, 0.29) is 12.5 Å². The predicted octanol–water partition coefficient (Wildman–Crippen LogP) is 4.78. The van der Waals surface area contributed by atoms with E-state index in [1.165, 1.54) is 0 Å². The fourth-order valence-corrected chi connectivity index (χ4v) is 3.08. The summed E-state index contributed by atoms with van der Waals surface area (Å²) in [5.74, 6) is 1.04. The SMILES string of the molecule is Cc1cc(C)c(C)c(OCC(=O)Nc2cccc(Nc3nc(C)cc(C)n3)c2)c1. The summed E-state index contributed by atoms with van der Waals surface area (Å²) in [5, 5.41) is 6.04. The molecule has 150 valence electrons. The summed E-state index contributed by atoms with van der Waals surface area (Å²) in [6, 6.07) is 13.4. The number of hydrogen-bond acceptors (Lipinski definition) is 5. The zero-order chi connectivity index (χ0) is 21.0. The van der Waals surface area contributed by atoms with Crippen LogP contribution < -0.4 is 15.4 Å². The van der Waals surface area contributed by atoms with E-state index in [1.807, 2.05) is 71.0 Å². The molecule has 6 nitrogen and oxygen atoms in total. The van der Waals surface area contributed by atoms with Crippen LogP contribution in [0.3, 0.4) is 0 Å². The highest BCUT2D eigenvalue weighted by atomic mass is 16.5. The zero-order valence-electron chi connectivity index (χ0n) is 17.5. The van der Waals surface area contributed by atoms with E-state index in [4.69, 9.17) is 4.74 Å². The van der Waals surface area contributed by atoms with Crippen LogP contribution in [0.1, 0.15) is 28.1 Å². The lowest BCUT2D eigenvalue weighted by Crippen LogP contribution is -2.20. The normalized spacial score (nSPS) is 10.5. The highest BCUT2D eigenvalue weighted by Gasteiger charge is 2.09. The summed E-state index contributed by atoms with van der Waals surface area (Å²) < 4.78 is 5.74. The van der Waals surface area contributed by atoms with Crippen molar-refractivity contribution in [1.29, 1.82) is 0 Å². The number of anilines is 3. The van der Waals surface area contributed by atoms with Gasteiger partial charge in [-0.15, -0.1) is 0 Å². The highest BCUT2D eigenvalue weighted by Crippen LogP contribution is 2.23. The van der Waals surface area contributed by atoms with Crippen LogP contribution in [0.4, 0.5) is 17.3 Å². The molecule has 1 heterocycles. The Labute approximate surface area is 171 Å². The van der Waals surface area contributed by atoms with E-state index in [1.54, 1.807) is 0 Å². The number of nitrogens with zero attached hydrogens (tertiary/aromatic N) is 2. The van der Waals surface area contributed by atoms with E-state index in [0.717, 1.165) is 39.5 Å². The van der Waals surface area contributed by atoms with Gasteiger partial charge in [0, 0.05) is 22.8 Å². The number of rotatable bonds is 6. The van der Waals surface area contributed by atoms with Crippen LogP contribution in [0.5, 0.6) is 5.75 Å². The van der Waals surface area contributed by atoms with Gasteiger partial charge in [0.2, 0.25) is 5.95 Å². The van der Waals surface area contributed by atoms with Crippen molar-refractivity contribution < 1.29 is 9.53 Å². The molecule has 2 aromatic carbocycles. The first kappa shape index (κ1) is 20.3. The van der Waals surface area contributed by atoms with Crippen molar-refractivity contribution in [2.45, 2.75) is 34.6 Å². The minimum absolute atomic E-state index is 0.0540. The molecule has 0 radical (unpaired) electrons. The molecule has 0 aliphatic heterocycles. The smallest absolute Gasteiger partial charge is 0.262 e. The number of benzene rings is 2. The van der Waals surface area contributed by atoms with Crippen molar-refractivity contribution in [3.8, 4) is 5.75 Å². The van der Waals surface area contributed by atoms with Crippen molar-refractivity contribution in [2.75, 3.05) is 17.2 Å². The van der Waals surface area contributed by atoms with Crippen molar-refractivity contribution >= 4 is 23.2 Å². The molecule has 1 amide bonds. The molecule has 6 heteroatoms. The Balaban J connectivity index is 1.63. The van der Waals surface area contributed by atoms with E-state index in [0.29, 0.717) is 11.6 Å². The average Bonchev–Trinajstić information content (AvgIpc) is 2.63. The molecule has 0 saturated heterocycles. The standard InChI is InChI=1S/C23H26N4O2/c1-14-9-15(2)18(5)21(10-14)29-13-22(28)26-19-7-6-8-20(12-19)27-23-24-16(3)11-17(4)25-23/h6-12H,13H2,1-5H3,(H,26,28)(H,24,25,27).